The van der Waals surface area contributed by atoms with E-state index in [4.69, 9.17) is 5.11 Å². The SMILES string of the molecule is CC1C(CO)=CCN1C. The Bertz CT molecular complexity index is 131. The molecule has 0 fully saturated rings. The molecule has 0 aromatic carbocycles. The van der Waals surface area contributed by atoms with Gasteiger partial charge in [0, 0.05) is 12.6 Å². The van der Waals surface area contributed by atoms with E-state index >= 15 is 0 Å². The van der Waals surface area contributed by atoms with Gasteiger partial charge >= 0.3 is 0 Å². The minimum atomic E-state index is 0.214. The molecule has 0 aliphatic carbocycles. The summed E-state index contributed by atoms with van der Waals surface area (Å²) in [6.07, 6.45) is 2.09. The Balaban J connectivity index is 2.55. The van der Waals surface area contributed by atoms with E-state index in [9.17, 15) is 0 Å². The monoisotopic (exact) mass is 127 g/mol. The number of nitrogens with zero attached hydrogens (tertiary/aromatic N) is 1. The first-order valence-electron chi connectivity index (χ1n) is 3.25. The van der Waals surface area contributed by atoms with Crippen LogP contribution in [0, 0.1) is 0 Å². The molecular weight excluding hydrogens is 114 g/mol. The zero-order valence-electron chi connectivity index (χ0n) is 5.96. The van der Waals surface area contributed by atoms with Gasteiger partial charge in [-0.2, -0.15) is 0 Å². The minimum Gasteiger partial charge on any atom is -0.392 e. The number of likely N-dealkylation sites (N-methyl/N-ethyl adjacent to an activating group) is 1. The molecule has 0 aromatic heterocycles. The molecule has 0 amide bonds. The molecule has 1 heterocycles. The van der Waals surface area contributed by atoms with Crippen LogP contribution in [0.4, 0.5) is 0 Å². The van der Waals surface area contributed by atoms with Crippen molar-refractivity contribution in [3.8, 4) is 0 Å². The highest BCUT2D eigenvalue weighted by Gasteiger charge is 2.17. The summed E-state index contributed by atoms with van der Waals surface area (Å²) in [6, 6.07) is 0.440. The lowest BCUT2D eigenvalue weighted by Crippen LogP contribution is -2.25. The van der Waals surface area contributed by atoms with E-state index in [0.29, 0.717) is 6.04 Å². The fourth-order valence-corrected chi connectivity index (χ4v) is 1.07. The van der Waals surface area contributed by atoms with Crippen molar-refractivity contribution in [1.82, 2.24) is 4.90 Å². The van der Waals surface area contributed by atoms with Crippen LogP contribution in [0.5, 0.6) is 0 Å². The summed E-state index contributed by atoms with van der Waals surface area (Å²) in [5.41, 5.74) is 1.15. The maximum absolute atomic E-state index is 8.76. The van der Waals surface area contributed by atoms with Crippen LogP contribution in [0.15, 0.2) is 11.6 Å². The van der Waals surface area contributed by atoms with Crippen molar-refractivity contribution in [2.45, 2.75) is 13.0 Å². The first kappa shape index (κ1) is 6.78. The van der Waals surface area contributed by atoms with Crippen LogP contribution >= 0.6 is 0 Å². The molecule has 2 nitrogen and oxygen atoms in total. The van der Waals surface area contributed by atoms with Crippen LogP contribution in [0.2, 0.25) is 0 Å². The second-order valence-electron chi connectivity index (χ2n) is 2.55. The lowest BCUT2D eigenvalue weighted by Gasteiger charge is -2.16. The van der Waals surface area contributed by atoms with Gasteiger partial charge in [-0.1, -0.05) is 6.08 Å². The van der Waals surface area contributed by atoms with Gasteiger partial charge in [0.25, 0.3) is 0 Å². The largest absolute Gasteiger partial charge is 0.392 e. The van der Waals surface area contributed by atoms with Crippen LogP contribution in [0.25, 0.3) is 0 Å². The Morgan fingerprint density at radius 1 is 1.89 bits per heavy atom. The van der Waals surface area contributed by atoms with Crippen molar-refractivity contribution in [2.24, 2.45) is 0 Å². The number of aliphatic hydroxyl groups excluding tert-OH is 1. The van der Waals surface area contributed by atoms with Crippen LogP contribution in [0.1, 0.15) is 6.92 Å². The first-order valence-corrected chi connectivity index (χ1v) is 3.25. The molecule has 1 aliphatic rings. The number of hydrogen-bond acceptors (Lipinski definition) is 2. The van der Waals surface area contributed by atoms with Crippen LogP contribution in [-0.2, 0) is 0 Å². The summed E-state index contributed by atoms with van der Waals surface area (Å²) in [6.45, 7) is 3.30. The molecule has 52 valence electrons. The van der Waals surface area contributed by atoms with Crippen molar-refractivity contribution in [3.63, 3.8) is 0 Å². The summed E-state index contributed by atoms with van der Waals surface area (Å²) in [7, 11) is 2.06. The van der Waals surface area contributed by atoms with Gasteiger partial charge < -0.3 is 5.11 Å². The van der Waals surface area contributed by atoms with Gasteiger partial charge in [-0.05, 0) is 19.5 Å². The van der Waals surface area contributed by atoms with Crippen molar-refractivity contribution < 1.29 is 5.11 Å². The molecule has 1 aliphatic heterocycles. The standard InChI is InChI=1S/C7H13NO/c1-6-7(5-9)3-4-8(6)2/h3,6,9H,4-5H2,1-2H3. The summed E-state index contributed by atoms with van der Waals surface area (Å²) in [4.78, 5) is 2.20. The molecule has 1 N–H and O–H groups in total. The highest BCUT2D eigenvalue weighted by atomic mass is 16.3. The van der Waals surface area contributed by atoms with Gasteiger partial charge in [0.2, 0.25) is 0 Å². The van der Waals surface area contributed by atoms with Gasteiger partial charge in [0.1, 0.15) is 0 Å². The quantitative estimate of drug-likeness (QED) is 0.510. The summed E-state index contributed by atoms with van der Waals surface area (Å²) >= 11 is 0. The fourth-order valence-electron chi connectivity index (χ4n) is 1.07. The van der Waals surface area contributed by atoms with E-state index in [1.807, 2.05) is 0 Å². The third-order valence-electron chi connectivity index (χ3n) is 2.02. The molecule has 0 saturated carbocycles. The third-order valence-corrected chi connectivity index (χ3v) is 2.02. The van der Waals surface area contributed by atoms with E-state index < -0.39 is 0 Å². The van der Waals surface area contributed by atoms with E-state index in [0.717, 1.165) is 12.1 Å². The zero-order valence-corrected chi connectivity index (χ0v) is 5.96. The number of rotatable bonds is 1. The average molecular weight is 127 g/mol. The van der Waals surface area contributed by atoms with E-state index in [2.05, 4.69) is 24.9 Å². The van der Waals surface area contributed by atoms with Crippen molar-refractivity contribution in [2.75, 3.05) is 20.2 Å². The lowest BCUT2D eigenvalue weighted by molar-refractivity contribution is 0.288. The highest BCUT2D eigenvalue weighted by Crippen LogP contribution is 2.14. The molecule has 1 unspecified atom stereocenters. The minimum absolute atomic E-state index is 0.214. The summed E-state index contributed by atoms with van der Waals surface area (Å²) in [5, 5.41) is 8.76. The van der Waals surface area contributed by atoms with Gasteiger partial charge in [-0.15, -0.1) is 0 Å². The predicted octanol–water partition coefficient (Wildman–Crippen LogP) is 0.239. The van der Waals surface area contributed by atoms with Gasteiger partial charge in [-0.25, -0.2) is 0 Å². The molecule has 1 atom stereocenters. The summed E-state index contributed by atoms with van der Waals surface area (Å²) in [5.74, 6) is 0. The van der Waals surface area contributed by atoms with Crippen molar-refractivity contribution >= 4 is 0 Å². The first-order chi connectivity index (χ1) is 4.25. The zero-order chi connectivity index (χ0) is 6.85. The fraction of sp³-hybridized carbons (Fsp3) is 0.714. The molecular formula is C7H13NO. The molecule has 0 saturated heterocycles. The van der Waals surface area contributed by atoms with Gasteiger partial charge in [0.15, 0.2) is 0 Å². The Labute approximate surface area is 55.8 Å². The Morgan fingerprint density at radius 2 is 2.56 bits per heavy atom. The summed E-state index contributed by atoms with van der Waals surface area (Å²) < 4.78 is 0. The normalized spacial score (nSPS) is 28.8. The van der Waals surface area contributed by atoms with E-state index in [1.54, 1.807) is 0 Å². The van der Waals surface area contributed by atoms with E-state index in [-0.39, 0.29) is 6.61 Å². The maximum atomic E-state index is 8.76. The van der Waals surface area contributed by atoms with Crippen molar-refractivity contribution in [3.05, 3.63) is 11.6 Å². The molecule has 0 spiro atoms. The Morgan fingerprint density at radius 3 is 2.78 bits per heavy atom. The maximum Gasteiger partial charge on any atom is 0.0657 e. The van der Waals surface area contributed by atoms with Crippen molar-refractivity contribution in [1.29, 1.82) is 0 Å². The molecule has 9 heavy (non-hydrogen) atoms. The highest BCUT2D eigenvalue weighted by molar-refractivity contribution is 5.16. The van der Waals surface area contributed by atoms with Gasteiger partial charge in [-0.3, -0.25) is 4.90 Å². The second kappa shape index (κ2) is 2.50. The van der Waals surface area contributed by atoms with Crippen LogP contribution in [0.3, 0.4) is 0 Å². The van der Waals surface area contributed by atoms with Crippen LogP contribution < -0.4 is 0 Å². The Hall–Kier alpha value is -0.340. The van der Waals surface area contributed by atoms with E-state index in [1.165, 1.54) is 0 Å². The number of aliphatic hydroxyl groups is 1. The number of hydrogen-bond donors (Lipinski definition) is 1. The van der Waals surface area contributed by atoms with Gasteiger partial charge in [0.05, 0.1) is 6.61 Å². The molecule has 0 aromatic rings. The molecule has 0 radical (unpaired) electrons. The third kappa shape index (κ3) is 1.14. The molecule has 0 bridgehead atoms. The topological polar surface area (TPSA) is 23.5 Å². The molecule has 1 rings (SSSR count). The lowest BCUT2D eigenvalue weighted by atomic mass is 10.2. The Kier molecular flexibility index (Phi) is 1.88. The average Bonchev–Trinajstić information content (AvgIpc) is 2.15. The van der Waals surface area contributed by atoms with Crippen LogP contribution in [-0.4, -0.2) is 36.2 Å². The predicted molar refractivity (Wildman–Crippen MR) is 37.3 cm³/mol. The smallest absolute Gasteiger partial charge is 0.0657 e. The second-order valence-corrected chi connectivity index (χ2v) is 2.55. The molecule has 2 heteroatoms.